The Morgan fingerprint density at radius 2 is 1.94 bits per heavy atom. The summed E-state index contributed by atoms with van der Waals surface area (Å²) in [5, 5.41) is 6.10. The van der Waals surface area contributed by atoms with E-state index in [1.54, 1.807) is 0 Å². The quantitative estimate of drug-likeness (QED) is 0.841. The number of rotatable bonds is 5. The molecule has 1 unspecified atom stereocenters. The van der Waals surface area contributed by atoms with Crippen LogP contribution in [0.25, 0.3) is 0 Å². The van der Waals surface area contributed by atoms with E-state index in [4.69, 9.17) is 0 Å². The summed E-state index contributed by atoms with van der Waals surface area (Å²) in [5.41, 5.74) is 3.23. The highest BCUT2D eigenvalue weighted by Gasteiger charge is 2.21. The number of carbonyl (C=O) groups excluding carboxylic acids is 1. The summed E-state index contributed by atoms with van der Waals surface area (Å²) in [5.74, 6) is 0.408. The van der Waals surface area contributed by atoms with Crippen LogP contribution in [0, 0.1) is 25.7 Å². The molecule has 1 atom stereocenters. The molecule has 0 spiro atoms. The van der Waals surface area contributed by atoms with Crippen molar-refractivity contribution in [2.24, 2.45) is 11.8 Å². The lowest BCUT2D eigenvalue weighted by atomic mass is 9.94. The van der Waals surface area contributed by atoms with E-state index in [2.05, 4.69) is 37.5 Å². The van der Waals surface area contributed by atoms with Crippen molar-refractivity contribution >= 4 is 11.6 Å². The molecule has 1 rings (SSSR count). The van der Waals surface area contributed by atoms with Crippen molar-refractivity contribution in [2.75, 3.05) is 18.9 Å². The molecular formula is C15H24N2O. The first kappa shape index (κ1) is 14.7. The van der Waals surface area contributed by atoms with Crippen LogP contribution in [0.2, 0.25) is 0 Å². The number of carbonyl (C=O) groups is 1. The van der Waals surface area contributed by atoms with E-state index >= 15 is 0 Å². The molecule has 0 aliphatic heterocycles. The first-order valence-electron chi connectivity index (χ1n) is 6.48. The monoisotopic (exact) mass is 248 g/mol. The van der Waals surface area contributed by atoms with E-state index in [0.29, 0.717) is 12.5 Å². The Labute approximate surface area is 110 Å². The summed E-state index contributed by atoms with van der Waals surface area (Å²) in [6.07, 6.45) is 0. The number of benzene rings is 1. The van der Waals surface area contributed by atoms with Crippen molar-refractivity contribution in [3.63, 3.8) is 0 Å². The average Bonchev–Trinajstić information content (AvgIpc) is 2.29. The van der Waals surface area contributed by atoms with E-state index in [1.807, 2.05) is 26.1 Å². The van der Waals surface area contributed by atoms with Gasteiger partial charge in [0.2, 0.25) is 5.91 Å². The number of amides is 1. The van der Waals surface area contributed by atoms with Crippen LogP contribution in [0.3, 0.4) is 0 Å². The average molecular weight is 248 g/mol. The molecule has 1 amide bonds. The van der Waals surface area contributed by atoms with Gasteiger partial charge in [0.25, 0.3) is 0 Å². The molecule has 0 fully saturated rings. The van der Waals surface area contributed by atoms with Crippen LogP contribution in [0.4, 0.5) is 5.69 Å². The fourth-order valence-corrected chi connectivity index (χ4v) is 2.03. The first-order valence-corrected chi connectivity index (χ1v) is 6.48. The van der Waals surface area contributed by atoms with Gasteiger partial charge in [-0.25, -0.2) is 0 Å². The summed E-state index contributed by atoms with van der Waals surface area (Å²) in [7, 11) is 1.87. The molecule has 0 radical (unpaired) electrons. The van der Waals surface area contributed by atoms with Crippen LogP contribution in [0.5, 0.6) is 0 Å². The molecule has 0 saturated heterocycles. The van der Waals surface area contributed by atoms with Gasteiger partial charge < -0.3 is 10.6 Å². The van der Waals surface area contributed by atoms with Crippen molar-refractivity contribution in [1.29, 1.82) is 0 Å². The zero-order valence-corrected chi connectivity index (χ0v) is 12.0. The Bertz CT molecular complexity index is 413. The van der Waals surface area contributed by atoms with Gasteiger partial charge in [-0.3, -0.25) is 4.79 Å². The molecule has 1 aromatic rings. The predicted octanol–water partition coefficient (Wildman–Crippen LogP) is 2.73. The van der Waals surface area contributed by atoms with Crippen LogP contribution in [-0.4, -0.2) is 19.5 Å². The number of hydrogen-bond donors (Lipinski definition) is 2. The molecule has 100 valence electrons. The van der Waals surface area contributed by atoms with Crippen molar-refractivity contribution in [2.45, 2.75) is 27.7 Å². The van der Waals surface area contributed by atoms with Crippen LogP contribution in [0.15, 0.2) is 18.2 Å². The highest BCUT2D eigenvalue weighted by Crippen LogP contribution is 2.19. The summed E-state index contributed by atoms with van der Waals surface area (Å²) < 4.78 is 0. The minimum Gasteiger partial charge on any atom is -0.326 e. The maximum Gasteiger partial charge on any atom is 0.229 e. The van der Waals surface area contributed by atoms with Crippen LogP contribution < -0.4 is 10.6 Å². The van der Waals surface area contributed by atoms with Gasteiger partial charge in [-0.1, -0.05) is 31.5 Å². The molecule has 0 heterocycles. The van der Waals surface area contributed by atoms with Crippen LogP contribution >= 0.6 is 0 Å². The third-order valence-corrected chi connectivity index (χ3v) is 3.21. The fourth-order valence-electron chi connectivity index (χ4n) is 2.03. The lowest BCUT2D eigenvalue weighted by molar-refractivity contribution is -0.120. The first-order chi connectivity index (χ1) is 8.45. The van der Waals surface area contributed by atoms with Crippen molar-refractivity contribution in [1.82, 2.24) is 5.32 Å². The molecular weight excluding hydrogens is 224 g/mol. The van der Waals surface area contributed by atoms with E-state index in [1.165, 1.54) is 5.56 Å². The maximum absolute atomic E-state index is 12.2. The molecule has 2 N–H and O–H groups in total. The smallest absolute Gasteiger partial charge is 0.229 e. The fraction of sp³-hybridized carbons (Fsp3) is 0.533. The summed E-state index contributed by atoms with van der Waals surface area (Å²) in [6.45, 7) is 8.92. The Hall–Kier alpha value is -1.35. The van der Waals surface area contributed by atoms with Crippen molar-refractivity contribution in [3.8, 4) is 0 Å². The number of anilines is 1. The largest absolute Gasteiger partial charge is 0.326 e. The number of hydrogen-bond acceptors (Lipinski definition) is 2. The molecule has 0 aliphatic rings. The van der Waals surface area contributed by atoms with E-state index in [9.17, 15) is 4.79 Å². The summed E-state index contributed by atoms with van der Waals surface area (Å²) in [6, 6.07) is 6.07. The minimum atomic E-state index is -0.00398. The predicted molar refractivity (Wildman–Crippen MR) is 76.8 cm³/mol. The second-order valence-electron chi connectivity index (χ2n) is 5.22. The molecule has 18 heavy (non-hydrogen) atoms. The standard InChI is InChI=1S/C15H24N2O/c1-10(2)13(9-16-5)15(18)17-14-7-6-11(3)8-12(14)4/h6-8,10,13,16H,9H2,1-5H3,(H,17,18). The molecule has 3 nitrogen and oxygen atoms in total. The van der Waals surface area contributed by atoms with Gasteiger partial charge in [0.15, 0.2) is 0 Å². The van der Waals surface area contributed by atoms with Gasteiger partial charge in [-0.05, 0) is 38.4 Å². The Morgan fingerprint density at radius 3 is 2.44 bits per heavy atom. The molecule has 1 aromatic carbocycles. The van der Waals surface area contributed by atoms with E-state index in [0.717, 1.165) is 11.3 Å². The van der Waals surface area contributed by atoms with Gasteiger partial charge in [0.1, 0.15) is 0 Å². The Kier molecular flexibility index (Phi) is 5.35. The minimum absolute atomic E-state index is 0.00398. The van der Waals surface area contributed by atoms with Gasteiger partial charge in [0, 0.05) is 12.2 Å². The van der Waals surface area contributed by atoms with E-state index < -0.39 is 0 Å². The van der Waals surface area contributed by atoms with Crippen LogP contribution in [-0.2, 0) is 4.79 Å². The van der Waals surface area contributed by atoms with Gasteiger partial charge in [-0.2, -0.15) is 0 Å². The molecule has 0 aromatic heterocycles. The Morgan fingerprint density at radius 1 is 1.28 bits per heavy atom. The highest BCUT2D eigenvalue weighted by molar-refractivity contribution is 5.93. The van der Waals surface area contributed by atoms with Gasteiger partial charge >= 0.3 is 0 Å². The van der Waals surface area contributed by atoms with Crippen molar-refractivity contribution < 1.29 is 4.79 Å². The highest BCUT2D eigenvalue weighted by atomic mass is 16.1. The molecule has 0 bridgehead atoms. The topological polar surface area (TPSA) is 41.1 Å². The van der Waals surface area contributed by atoms with Crippen LogP contribution in [0.1, 0.15) is 25.0 Å². The molecule has 3 heteroatoms. The lowest BCUT2D eigenvalue weighted by Crippen LogP contribution is -2.34. The maximum atomic E-state index is 12.2. The second kappa shape index (κ2) is 6.55. The summed E-state index contributed by atoms with van der Waals surface area (Å²) >= 11 is 0. The SMILES string of the molecule is CNCC(C(=O)Nc1ccc(C)cc1C)C(C)C. The molecule has 0 saturated carbocycles. The van der Waals surface area contributed by atoms with Crippen molar-refractivity contribution in [3.05, 3.63) is 29.3 Å². The Balaban J connectivity index is 2.79. The zero-order chi connectivity index (χ0) is 13.7. The normalized spacial score (nSPS) is 12.6. The third kappa shape index (κ3) is 3.84. The zero-order valence-electron chi connectivity index (χ0n) is 12.0. The van der Waals surface area contributed by atoms with E-state index in [-0.39, 0.29) is 11.8 Å². The number of nitrogens with one attached hydrogen (secondary N) is 2. The number of aryl methyl sites for hydroxylation is 2. The lowest BCUT2D eigenvalue weighted by Gasteiger charge is -2.20. The third-order valence-electron chi connectivity index (χ3n) is 3.21. The second-order valence-corrected chi connectivity index (χ2v) is 5.22. The van der Waals surface area contributed by atoms with Gasteiger partial charge in [-0.15, -0.1) is 0 Å². The van der Waals surface area contributed by atoms with Gasteiger partial charge in [0.05, 0.1) is 5.92 Å². The molecule has 0 aliphatic carbocycles. The summed E-state index contributed by atoms with van der Waals surface area (Å²) in [4.78, 5) is 12.2.